The Morgan fingerprint density at radius 2 is 2.24 bits per heavy atom. The highest BCUT2D eigenvalue weighted by Crippen LogP contribution is 2.13. The van der Waals surface area contributed by atoms with E-state index >= 15 is 0 Å². The molecule has 1 aromatic rings. The predicted molar refractivity (Wildman–Crippen MR) is 68.0 cm³/mol. The number of hydrogen-bond donors (Lipinski definition) is 1. The first-order valence-electron chi connectivity index (χ1n) is 5.75. The van der Waals surface area contributed by atoms with Crippen LogP contribution >= 0.6 is 0 Å². The molecule has 1 N–H and O–H groups in total. The largest absolute Gasteiger partial charge is 0.497 e. The summed E-state index contributed by atoms with van der Waals surface area (Å²) in [5.74, 6) is 0.907. The molecule has 0 fully saturated rings. The van der Waals surface area contributed by atoms with Crippen LogP contribution in [0.15, 0.2) is 24.3 Å². The summed E-state index contributed by atoms with van der Waals surface area (Å²) in [6, 6.07) is 7.75. The van der Waals surface area contributed by atoms with E-state index in [-0.39, 0.29) is 5.91 Å². The third-order valence-electron chi connectivity index (χ3n) is 2.51. The number of nitrogens with zero attached hydrogens (tertiary/aromatic N) is 1. The average molecular weight is 236 g/mol. The number of carbonyl (C=O) groups excluding carboxylic acids is 1. The number of carbonyl (C=O) groups is 1. The minimum Gasteiger partial charge on any atom is -0.497 e. The second-order valence-electron chi connectivity index (χ2n) is 3.88. The number of rotatable bonds is 6. The minimum absolute atomic E-state index is 0.0923. The number of benzene rings is 1. The van der Waals surface area contributed by atoms with Crippen LogP contribution in [0.25, 0.3) is 0 Å². The quantitative estimate of drug-likeness (QED) is 0.808. The molecule has 0 atom stereocenters. The fraction of sp³-hybridized carbons (Fsp3) is 0.462. The van der Waals surface area contributed by atoms with Crippen molar-refractivity contribution in [2.75, 3.05) is 27.2 Å². The van der Waals surface area contributed by atoms with Crippen LogP contribution in [0.2, 0.25) is 0 Å². The minimum atomic E-state index is 0.0923. The Labute approximate surface area is 103 Å². The molecule has 0 saturated heterocycles. The summed E-state index contributed by atoms with van der Waals surface area (Å²) in [7, 11) is 3.44. The van der Waals surface area contributed by atoms with Crippen molar-refractivity contribution < 1.29 is 9.53 Å². The molecule has 17 heavy (non-hydrogen) atoms. The second-order valence-corrected chi connectivity index (χ2v) is 3.88. The highest BCUT2D eigenvalue weighted by molar-refractivity contribution is 5.77. The lowest BCUT2D eigenvalue weighted by molar-refractivity contribution is -0.129. The fourth-order valence-corrected chi connectivity index (χ4v) is 1.50. The zero-order chi connectivity index (χ0) is 12.7. The van der Waals surface area contributed by atoms with Crippen LogP contribution in [0.4, 0.5) is 0 Å². The molecule has 0 bridgehead atoms. The zero-order valence-corrected chi connectivity index (χ0v) is 10.7. The van der Waals surface area contributed by atoms with Gasteiger partial charge < -0.3 is 15.0 Å². The SMILES string of the molecule is CCNCC(=O)N(C)Cc1cccc(OC)c1. The van der Waals surface area contributed by atoms with E-state index < -0.39 is 0 Å². The summed E-state index contributed by atoms with van der Waals surface area (Å²) < 4.78 is 5.15. The average Bonchev–Trinajstić information content (AvgIpc) is 2.36. The van der Waals surface area contributed by atoms with Crippen LogP contribution < -0.4 is 10.1 Å². The third-order valence-corrected chi connectivity index (χ3v) is 2.51. The van der Waals surface area contributed by atoms with Gasteiger partial charge in [-0.1, -0.05) is 19.1 Å². The maximum Gasteiger partial charge on any atom is 0.236 e. The van der Waals surface area contributed by atoms with Crippen LogP contribution in [0, 0.1) is 0 Å². The van der Waals surface area contributed by atoms with Crippen LogP contribution in [0.1, 0.15) is 12.5 Å². The highest BCUT2D eigenvalue weighted by atomic mass is 16.5. The van der Waals surface area contributed by atoms with Crippen LogP contribution in [0.5, 0.6) is 5.75 Å². The molecule has 0 spiro atoms. The summed E-state index contributed by atoms with van der Waals surface area (Å²) in [5, 5.41) is 3.02. The van der Waals surface area contributed by atoms with E-state index in [1.807, 2.05) is 31.2 Å². The van der Waals surface area contributed by atoms with Crippen LogP contribution in [-0.2, 0) is 11.3 Å². The Hall–Kier alpha value is -1.55. The third kappa shape index (κ3) is 4.44. The molecular weight excluding hydrogens is 216 g/mol. The highest BCUT2D eigenvalue weighted by Gasteiger charge is 2.08. The summed E-state index contributed by atoms with van der Waals surface area (Å²) in [6.45, 7) is 3.77. The Morgan fingerprint density at radius 3 is 2.88 bits per heavy atom. The molecule has 0 aliphatic carbocycles. The summed E-state index contributed by atoms with van der Waals surface area (Å²) in [5.41, 5.74) is 1.07. The number of methoxy groups -OCH3 is 1. The summed E-state index contributed by atoms with van der Waals surface area (Å²) >= 11 is 0. The lowest BCUT2D eigenvalue weighted by Gasteiger charge is -2.17. The van der Waals surface area contributed by atoms with Crippen molar-refractivity contribution in [2.24, 2.45) is 0 Å². The van der Waals surface area contributed by atoms with Crippen LogP contribution in [0.3, 0.4) is 0 Å². The van der Waals surface area contributed by atoms with Gasteiger partial charge in [-0.05, 0) is 24.2 Å². The van der Waals surface area contributed by atoms with Crippen molar-refractivity contribution in [2.45, 2.75) is 13.5 Å². The maximum absolute atomic E-state index is 11.7. The number of likely N-dealkylation sites (N-methyl/N-ethyl adjacent to an activating group) is 2. The molecule has 0 aliphatic heterocycles. The maximum atomic E-state index is 11.7. The van der Waals surface area contributed by atoms with Gasteiger partial charge in [-0.3, -0.25) is 4.79 Å². The first kappa shape index (κ1) is 13.5. The van der Waals surface area contributed by atoms with E-state index in [4.69, 9.17) is 4.74 Å². The van der Waals surface area contributed by atoms with Crippen molar-refractivity contribution in [3.05, 3.63) is 29.8 Å². The van der Waals surface area contributed by atoms with Gasteiger partial charge in [0, 0.05) is 13.6 Å². The number of hydrogen-bond acceptors (Lipinski definition) is 3. The Balaban J connectivity index is 2.54. The molecular formula is C13H20N2O2. The lowest BCUT2D eigenvalue weighted by Crippen LogP contribution is -2.35. The van der Waals surface area contributed by atoms with Crippen molar-refractivity contribution in [1.82, 2.24) is 10.2 Å². The van der Waals surface area contributed by atoms with Crippen molar-refractivity contribution in [3.63, 3.8) is 0 Å². The summed E-state index contributed by atoms with van der Waals surface area (Å²) in [4.78, 5) is 13.4. The predicted octanol–water partition coefficient (Wildman–Crippen LogP) is 1.26. The lowest BCUT2D eigenvalue weighted by atomic mass is 10.2. The monoisotopic (exact) mass is 236 g/mol. The second kappa shape index (κ2) is 6.91. The molecule has 94 valence electrons. The fourth-order valence-electron chi connectivity index (χ4n) is 1.50. The molecule has 4 nitrogen and oxygen atoms in total. The molecule has 0 heterocycles. The van der Waals surface area contributed by atoms with E-state index in [0.717, 1.165) is 17.9 Å². The number of amides is 1. The molecule has 1 rings (SSSR count). The molecule has 1 aromatic carbocycles. The summed E-state index contributed by atoms with van der Waals surface area (Å²) in [6.07, 6.45) is 0. The van der Waals surface area contributed by atoms with Gasteiger partial charge in [0.05, 0.1) is 13.7 Å². The number of ether oxygens (including phenoxy) is 1. The molecule has 0 saturated carbocycles. The van der Waals surface area contributed by atoms with Gasteiger partial charge in [0.1, 0.15) is 5.75 Å². The van der Waals surface area contributed by atoms with E-state index in [1.54, 1.807) is 19.1 Å². The Kier molecular flexibility index (Phi) is 5.49. The number of nitrogens with one attached hydrogen (secondary N) is 1. The van der Waals surface area contributed by atoms with Crippen LogP contribution in [-0.4, -0.2) is 38.1 Å². The molecule has 4 heteroatoms. The van der Waals surface area contributed by atoms with Crippen molar-refractivity contribution >= 4 is 5.91 Å². The van der Waals surface area contributed by atoms with E-state index in [1.165, 1.54) is 0 Å². The van der Waals surface area contributed by atoms with Gasteiger partial charge in [0.15, 0.2) is 0 Å². The smallest absolute Gasteiger partial charge is 0.236 e. The van der Waals surface area contributed by atoms with Gasteiger partial charge in [-0.2, -0.15) is 0 Å². The van der Waals surface area contributed by atoms with E-state index in [2.05, 4.69) is 5.32 Å². The zero-order valence-electron chi connectivity index (χ0n) is 10.7. The normalized spacial score (nSPS) is 10.1. The first-order valence-corrected chi connectivity index (χ1v) is 5.75. The molecule has 0 radical (unpaired) electrons. The topological polar surface area (TPSA) is 41.6 Å². The van der Waals surface area contributed by atoms with Gasteiger partial charge in [0.25, 0.3) is 0 Å². The van der Waals surface area contributed by atoms with E-state index in [9.17, 15) is 4.79 Å². The molecule has 0 aromatic heterocycles. The molecule has 0 aliphatic rings. The van der Waals surface area contributed by atoms with Gasteiger partial charge in [-0.15, -0.1) is 0 Å². The van der Waals surface area contributed by atoms with Crippen molar-refractivity contribution in [1.29, 1.82) is 0 Å². The standard InChI is InChI=1S/C13H20N2O2/c1-4-14-9-13(16)15(2)10-11-6-5-7-12(8-11)17-3/h5-8,14H,4,9-10H2,1-3H3. The first-order chi connectivity index (χ1) is 8.17. The Morgan fingerprint density at radius 1 is 1.47 bits per heavy atom. The molecule has 1 amide bonds. The van der Waals surface area contributed by atoms with Crippen molar-refractivity contribution in [3.8, 4) is 5.75 Å². The van der Waals surface area contributed by atoms with Gasteiger partial charge >= 0.3 is 0 Å². The van der Waals surface area contributed by atoms with E-state index in [0.29, 0.717) is 13.1 Å². The Bertz CT molecular complexity index is 366. The van der Waals surface area contributed by atoms with Gasteiger partial charge in [-0.25, -0.2) is 0 Å². The van der Waals surface area contributed by atoms with Gasteiger partial charge in [0.2, 0.25) is 5.91 Å². The molecule has 0 unspecified atom stereocenters.